The van der Waals surface area contributed by atoms with Crippen LogP contribution in [0.25, 0.3) is 0 Å². The van der Waals surface area contributed by atoms with Gasteiger partial charge in [-0.1, -0.05) is 30.3 Å². The third-order valence-corrected chi connectivity index (χ3v) is 3.49. The third-order valence-electron chi connectivity index (χ3n) is 3.49. The van der Waals surface area contributed by atoms with E-state index >= 15 is 0 Å². The first-order valence-electron chi connectivity index (χ1n) is 6.69. The van der Waals surface area contributed by atoms with Gasteiger partial charge < -0.3 is 14.9 Å². The minimum atomic E-state index is -0.997. The first-order valence-corrected chi connectivity index (χ1v) is 6.69. The number of nitrogens with zero attached hydrogens (tertiary/aromatic N) is 2. The fourth-order valence-electron chi connectivity index (χ4n) is 2.18. The molecule has 103 valence electrons. The van der Waals surface area contributed by atoms with E-state index in [2.05, 4.69) is 4.90 Å². The number of carbonyl (C=O) groups is 1. The molecule has 0 spiro atoms. The molecule has 0 saturated carbocycles. The van der Waals surface area contributed by atoms with Gasteiger partial charge in [-0.2, -0.15) is 0 Å². The van der Waals surface area contributed by atoms with Crippen LogP contribution in [0.5, 0.6) is 0 Å². The summed E-state index contributed by atoms with van der Waals surface area (Å²) in [6, 6.07) is 9.85. The second-order valence-electron chi connectivity index (χ2n) is 5.00. The summed E-state index contributed by atoms with van der Waals surface area (Å²) < 4.78 is 0. The minimum Gasteiger partial charge on any atom is -0.383 e. The van der Waals surface area contributed by atoms with Crippen LogP contribution in [0, 0.1) is 6.42 Å². The van der Waals surface area contributed by atoms with Crippen molar-refractivity contribution in [2.75, 3.05) is 33.2 Å². The predicted molar refractivity (Wildman–Crippen MR) is 74.5 cm³/mol. The standard InChI is InChI=1S/C15H21N2O2/c1-16-9-11-17(12-10-16)15(19)14(18)8-7-13-5-3-2-4-6-13/h2-6,8,14,18H,7,9-12H2,1H3/t14-/m1/s1. The zero-order valence-electron chi connectivity index (χ0n) is 11.3. The SMILES string of the molecule is CN1CCN(C(=O)[C@H](O)[CH]Cc2ccccc2)CC1. The van der Waals surface area contributed by atoms with E-state index in [-0.39, 0.29) is 5.91 Å². The van der Waals surface area contributed by atoms with Gasteiger partial charge in [0, 0.05) is 32.6 Å². The molecule has 1 heterocycles. The Kier molecular flexibility index (Phi) is 4.93. The number of hydrogen-bond donors (Lipinski definition) is 1. The zero-order valence-corrected chi connectivity index (χ0v) is 11.3. The number of rotatable bonds is 4. The van der Waals surface area contributed by atoms with Gasteiger partial charge in [-0.3, -0.25) is 4.79 Å². The molecule has 1 fully saturated rings. The van der Waals surface area contributed by atoms with Crippen LogP contribution < -0.4 is 0 Å². The van der Waals surface area contributed by atoms with Crippen molar-refractivity contribution in [3.63, 3.8) is 0 Å². The van der Waals surface area contributed by atoms with Crippen LogP contribution in [0.2, 0.25) is 0 Å². The van der Waals surface area contributed by atoms with E-state index in [1.807, 2.05) is 37.4 Å². The molecule has 0 bridgehead atoms. The molecule has 1 amide bonds. The van der Waals surface area contributed by atoms with E-state index in [4.69, 9.17) is 0 Å². The number of aliphatic hydroxyl groups excluding tert-OH is 1. The van der Waals surface area contributed by atoms with Gasteiger partial charge in [0.15, 0.2) is 0 Å². The van der Waals surface area contributed by atoms with Crippen molar-refractivity contribution in [2.45, 2.75) is 12.5 Å². The van der Waals surface area contributed by atoms with Gasteiger partial charge in [0.25, 0.3) is 5.91 Å². The Bertz CT molecular complexity index is 400. The maximum atomic E-state index is 12.1. The average Bonchev–Trinajstić information content (AvgIpc) is 2.46. The van der Waals surface area contributed by atoms with Gasteiger partial charge in [-0.15, -0.1) is 0 Å². The van der Waals surface area contributed by atoms with Crippen molar-refractivity contribution in [3.05, 3.63) is 42.3 Å². The third kappa shape index (κ3) is 4.04. The van der Waals surface area contributed by atoms with Gasteiger partial charge >= 0.3 is 0 Å². The van der Waals surface area contributed by atoms with Gasteiger partial charge in [0.1, 0.15) is 6.10 Å². The normalized spacial score (nSPS) is 18.3. The second kappa shape index (κ2) is 6.68. The van der Waals surface area contributed by atoms with Crippen molar-refractivity contribution >= 4 is 5.91 Å². The fourth-order valence-corrected chi connectivity index (χ4v) is 2.18. The molecule has 1 aromatic rings. The number of piperazine rings is 1. The molecule has 1 atom stereocenters. The Morgan fingerprint density at radius 2 is 1.89 bits per heavy atom. The Morgan fingerprint density at radius 3 is 2.53 bits per heavy atom. The summed E-state index contributed by atoms with van der Waals surface area (Å²) in [4.78, 5) is 16.0. The van der Waals surface area contributed by atoms with E-state index < -0.39 is 6.10 Å². The lowest BCUT2D eigenvalue weighted by Gasteiger charge is -2.33. The Balaban J connectivity index is 1.79. The largest absolute Gasteiger partial charge is 0.383 e. The number of likely N-dealkylation sites (N-methyl/N-ethyl adjacent to an activating group) is 1. The lowest BCUT2D eigenvalue weighted by atomic mass is 10.1. The van der Waals surface area contributed by atoms with Crippen molar-refractivity contribution in [1.82, 2.24) is 9.80 Å². The topological polar surface area (TPSA) is 43.8 Å². The van der Waals surface area contributed by atoms with Gasteiger partial charge in [-0.25, -0.2) is 0 Å². The smallest absolute Gasteiger partial charge is 0.251 e. The molecule has 1 aliphatic heterocycles. The molecule has 1 saturated heterocycles. The van der Waals surface area contributed by atoms with E-state index in [1.165, 1.54) is 0 Å². The molecule has 4 nitrogen and oxygen atoms in total. The molecule has 0 aliphatic carbocycles. The molecular formula is C15H21N2O2. The molecule has 4 heteroatoms. The van der Waals surface area contributed by atoms with Gasteiger partial charge in [-0.05, 0) is 19.0 Å². The highest BCUT2D eigenvalue weighted by Crippen LogP contribution is 2.08. The maximum absolute atomic E-state index is 12.1. The van der Waals surface area contributed by atoms with Gasteiger partial charge in [0.2, 0.25) is 0 Å². The summed E-state index contributed by atoms with van der Waals surface area (Å²) in [6.45, 7) is 3.14. The second-order valence-corrected chi connectivity index (χ2v) is 5.00. The van der Waals surface area contributed by atoms with Crippen LogP contribution in [-0.2, 0) is 11.2 Å². The van der Waals surface area contributed by atoms with Crippen molar-refractivity contribution in [3.8, 4) is 0 Å². The van der Waals surface area contributed by atoms with Crippen LogP contribution >= 0.6 is 0 Å². The molecule has 0 unspecified atom stereocenters. The first-order chi connectivity index (χ1) is 9.16. The van der Waals surface area contributed by atoms with Crippen LogP contribution in [-0.4, -0.2) is 60.1 Å². The number of amides is 1. The number of carbonyl (C=O) groups excluding carboxylic acids is 1. The fraction of sp³-hybridized carbons (Fsp3) is 0.467. The van der Waals surface area contributed by atoms with Crippen LogP contribution in [0.1, 0.15) is 5.56 Å². The monoisotopic (exact) mass is 261 g/mol. The lowest BCUT2D eigenvalue weighted by Crippen LogP contribution is -2.50. The molecule has 0 aromatic heterocycles. The molecule has 19 heavy (non-hydrogen) atoms. The summed E-state index contributed by atoms with van der Waals surface area (Å²) in [6.07, 6.45) is 1.29. The average molecular weight is 261 g/mol. The highest BCUT2D eigenvalue weighted by atomic mass is 16.3. The van der Waals surface area contributed by atoms with Crippen LogP contribution in [0.3, 0.4) is 0 Å². The Morgan fingerprint density at radius 1 is 1.26 bits per heavy atom. The molecule has 1 N–H and O–H groups in total. The summed E-state index contributed by atoms with van der Waals surface area (Å²) in [7, 11) is 2.04. The molecular weight excluding hydrogens is 240 g/mol. The van der Waals surface area contributed by atoms with E-state index in [0.717, 1.165) is 18.7 Å². The van der Waals surface area contributed by atoms with Crippen molar-refractivity contribution in [2.24, 2.45) is 0 Å². The summed E-state index contributed by atoms with van der Waals surface area (Å²) >= 11 is 0. The minimum absolute atomic E-state index is 0.177. The zero-order chi connectivity index (χ0) is 13.7. The number of aliphatic hydroxyl groups is 1. The number of hydrogen-bond acceptors (Lipinski definition) is 3. The van der Waals surface area contributed by atoms with Gasteiger partial charge in [0.05, 0.1) is 0 Å². The van der Waals surface area contributed by atoms with E-state index in [0.29, 0.717) is 19.5 Å². The summed E-state index contributed by atoms with van der Waals surface area (Å²) in [5, 5.41) is 9.94. The molecule has 2 rings (SSSR count). The maximum Gasteiger partial charge on any atom is 0.251 e. The molecule has 1 aliphatic rings. The van der Waals surface area contributed by atoms with Crippen molar-refractivity contribution in [1.29, 1.82) is 0 Å². The number of benzene rings is 1. The lowest BCUT2D eigenvalue weighted by molar-refractivity contribution is -0.140. The first kappa shape index (κ1) is 14.0. The van der Waals surface area contributed by atoms with Crippen LogP contribution in [0.4, 0.5) is 0 Å². The Hall–Kier alpha value is -1.39. The Labute approximate surface area is 114 Å². The highest BCUT2D eigenvalue weighted by molar-refractivity contribution is 5.82. The molecule has 1 radical (unpaired) electrons. The predicted octanol–water partition coefficient (Wildman–Crippen LogP) is 0.568. The summed E-state index contributed by atoms with van der Waals surface area (Å²) in [5.74, 6) is -0.177. The van der Waals surface area contributed by atoms with Crippen molar-refractivity contribution < 1.29 is 9.90 Å². The van der Waals surface area contributed by atoms with E-state index in [9.17, 15) is 9.90 Å². The van der Waals surface area contributed by atoms with E-state index in [1.54, 1.807) is 11.3 Å². The summed E-state index contributed by atoms with van der Waals surface area (Å²) in [5.41, 5.74) is 1.10. The quantitative estimate of drug-likeness (QED) is 0.861. The van der Waals surface area contributed by atoms with Crippen LogP contribution in [0.15, 0.2) is 30.3 Å². The highest BCUT2D eigenvalue weighted by Gasteiger charge is 2.24. The molecule has 1 aromatic carbocycles.